The smallest absolute Gasteiger partial charge is 0.242 e. The number of hydrogen-bond acceptors (Lipinski definition) is 3. The van der Waals surface area contributed by atoms with E-state index >= 15 is 0 Å². The Kier molecular flexibility index (Phi) is 8.93. The van der Waals surface area contributed by atoms with Gasteiger partial charge in [-0.25, -0.2) is 4.98 Å². The number of hydrogen-bond donors (Lipinski definition) is 1. The topological polar surface area (TPSA) is 67.2 Å². The van der Waals surface area contributed by atoms with E-state index in [0.29, 0.717) is 6.54 Å². The lowest BCUT2D eigenvalue weighted by Crippen LogP contribution is -2.32. The lowest BCUT2D eigenvalue weighted by Gasteiger charge is -2.20. The van der Waals surface area contributed by atoms with Gasteiger partial charge in [-0.15, -0.1) is 0 Å². The summed E-state index contributed by atoms with van der Waals surface area (Å²) in [5.41, 5.74) is 3.05. The second-order valence-electron chi connectivity index (χ2n) is 9.77. The molecule has 0 radical (unpaired) electrons. The molecule has 1 heterocycles. The van der Waals surface area contributed by atoms with E-state index in [1.807, 2.05) is 61.6 Å². The first-order valence-electron chi connectivity index (χ1n) is 13.1. The van der Waals surface area contributed by atoms with Gasteiger partial charge in [0.05, 0.1) is 11.0 Å². The van der Waals surface area contributed by atoms with E-state index in [2.05, 4.69) is 9.88 Å². The SMILES string of the molecule is CN(Cc1ccccc1)C(=O)Cn1c(CCCCCNC(=O)C2CCCCC2)nc2ccccc21. The fourth-order valence-corrected chi connectivity index (χ4v) is 5.00. The number of nitrogens with one attached hydrogen (secondary N) is 1. The van der Waals surface area contributed by atoms with Crippen molar-refractivity contribution in [1.82, 2.24) is 19.8 Å². The minimum absolute atomic E-state index is 0.0729. The van der Waals surface area contributed by atoms with E-state index in [9.17, 15) is 9.59 Å². The van der Waals surface area contributed by atoms with Gasteiger partial charge in [0.2, 0.25) is 11.8 Å². The quantitative estimate of drug-likeness (QED) is 0.393. The summed E-state index contributed by atoms with van der Waals surface area (Å²) < 4.78 is 2.07. The number of carbonyl (C=O) groups excluding carboxylic acids is 2. The number of aromatic nitrogens is 2. The molecule has 3 aromatic rings. The molecule has 1 aliphatic rings. The van der Waals surface area contributed by atoms with Gasteiger partial charge in [0.1, 0.15) is 12.4 Å². The number of rotatable bonds is 11. The van der Waals surface area contributed by atoms with Gasteiger partial charge in [-0.3, -0.25) is 9.59 Å². The zero-order valence-electron chi connectivity index (χ0n) is 20.9. The lowest BCUT2D eigenvalue weighted by atomic mass is 9.89. The molecule has 186 valence electrons. The molecule has 0 unspecified atom stereocenters. The van der Waals surface area contributed by atoms with Crippen molar-refractivity contribution in [3.05, 3.63) is 66.0 Å². The van der Waals surface area contributed by atoms with Crippen LogP contribution in [0.3, 0.4) is 0 Å². The minimum atomic E-state index is 0.0729. The van der Waals surface area contributed by atoms with E-state index in [1.54, 1.807) is 4.90 Å². The highest BCUT2D eigenvalue weighted by atomic mass is 16.2. The number of benzene rings is 2. The van der Waals surface area contributed by atoms with Crippen molar-refractivity contribution in [2.45, 2.75) is 70.9 Å². The summed E-state index contributed by atoms with van der Waals surface area (Å²) in [4.78, 5) is 32.0. The number of aryl methyl sites for hydroxylation is 1. The molecule has 0 spiro atoms. The Balaban J connectivity index is 1.29. The molecule has 4 rings (SSSR count). The van der Waals surface area contributed by atoms with Crippen molar-refractivity contribution in [3.8, 4) is 0 Å². The number of carbonyl (C=O) groups is 2. The molecule has 1 N–H and O–H groups in total. The van der Waals surface area contributed by atoms with Crippen LogP contribution in [0.15, 0.2) is 54.6 Å². The van der Waals surface area contributed by atoms with Crippen molar-refractivity contribution in [2.24, 2.45) is 5.92 Å². The third-order valence-electron chi connectivity index (χ3n) is 7.07. The average molecular weight is 475 g/mol. The highest BCUT2D eigenvalue weighted by molar-refractivity contribution is 5.81. The van der Waals surface area contributed by atoms with Crippen LogP contribution >= 0.6 is 0 Å². The summed E-state index contributed by atoms with van der Waals surface area (Å²) in [7, 11) is 1.86. The Morgan fingerprint density at radius 1 is 0.971 bits per heavy atom. The Hall–Kier alpha value is -3.15. The zero-order valence-corrected chi connectivity index (χ0v) is 20.9. The summed E-state index contributed by atoms with van der Waals surface area (Å²) >= 11 is 0. The van der Waals surface area contributed by atoms with E-state index in [1.165, 1.54) is 19.3 Å². The minimum Gasteiger partial charge on any atom is -0.356 e. The highest BCUT2D eigenvalue weighted by Crippen LogP contribution is 2.23. The maximum atomic E-state index is 13.1. The number of para-hydroxylation sites is 2. The van der Waals surface area contributed by atoms with Gasteiger partial charge in [0.15, 0.2) is 0 Å². The molecule has 2 amide bonds. The number of imidazole rings is 1. The van der Waals surface area contributed by atoms with Gasteiger partial charge in [-0.2, -0.15) is 0 Å². The van der Waals surface area contributed by atoms with E-state index in [4.69, 9.17) is 4.98 Å². The van der Waals surface area contributed by atoms with Gasteiger partial charge in [0, 0.05) is 32.5 Å². The van der Waals surface area contributed by atoms with Crippen LogP contribution in [0.1, 0.15) is 62.8 Å². The Bertz CT molecular complexity index is 1100. The summed E-state index contributed by atoms with van der Waals surface area (Å²) in [5, 5.41) is 3.13. The Morgan fingerprint density at radius 3 is 2.51 bits per heavy atom. The molecule has 0 atom stereocenters. The van der Waals surface area contributed by atoms with Crippen LogP contribution in [0.4, 0.5) is 0 Å². The first-order chi connectivity index (χ1) is 17.1. The van der Waals surface area contributed by atoms with E-state index in [-0.39, 0.29) is 24.3 Å². The molecule has 0 saturated heterocycles. The van der Waals surface area contributed by atoms with Gasteiger partial charge in [0.25, 0.3) is 0 Å². The second kappa shape index (κ2) is 12.5. The van der Waals surface area contributed by atoms with Crippen molar-refractivity contribution in [3.63, 3.8) is 0 Å². The molecular weight excluding hydrogens is 436 g/mol. The number of fused-ring (bicyclic) bond motifs is 1. The van der Waals surface area contributed by atoms with Crippen LogP contribution in [-0.2, 0) is 29.1 Å². The van der Waals surface area contributed by atoms with Crippen LogP contribution in [0, 0.1) is 5.92 Å². The molecule has 0 bridgehead atoms. The van der Waals surface area contributed by atoms with Gasteiger partial charge < -0.3 is 14.8 Å². The fraction of sp³-hybridized carbons (Fsp3) is 0.483. The van der Waals surface area contributed by atoms with Crippen molar-refractivity contribution in [1.29, 1.82) is 0 Å². The number of nitrogens with zero attached hydrogens (tertiary/aromatic N) is 3. The van der Waals surface area contributed by atoms with Gasteiger partial charge in [-0.1, -0.05) is 68.1 Å². The highest BCUT2D eigenvalue weighted by Gasteiger charge is 2.20. The normalized spacial score (nSPS) is 14.2. The second-order valence-corrected chi connectivity index (χ2v) is 9.77. The molecular formula is C29H38N4O2. The van der Waals surface area contributed by atoms with Crippen molar-refractivity contribution < 1.29 is 9.59 Å². The van der Waals surface area contributed by atoms with Crippen LogP contribution in [0.2, 0.25) is 0 Å². The predicted octanol–water partition coefficient (Wildman–Crippen LogP) is 5.10. The summed E-state index contributed by atoms with van der Waals surface area (Å²) in [6.07, 6.45) is 9.52. The van der Waals surface area contributed by atoms with E-state index in [0.717, 1.165) is 67.5 Å². The molecule has 1 saturated carbocycles. The number of unbranched alkanes of at least 4 members (excludes halogenated alkanes) is 2. The molecule has 1 fully saturated rings. The maximum Gasteiger partial charge on any atom is 0.242 e. The Morgan fingerprint density at radius 2 is 1.71 bits per heavy atom. The number of amides is 2. The molecule has 1 aromatic heterocycles. The monoisotopic (exact) mass is 474 g/mol. The van der Waals surface area contributed by atoms with Crippen LogP contribution in [0.5, 0.6) is 0 Å². The fourth-order valence-electron chi connectivity index (χ4n) is 5.00. The molecule has 2 aromatic carbocycles. The summed E-state index contributed by atoms with van der Waals surface area (Å²) in [6, 6.07) is 18.1. The number of likely N-dealkylation sites (N-methyl/N-ethyl adjacent to an activating group) is 1. The van der Waals surface area contributed by atoms with Gasteiger partial charge in [-0.05, 0) is 43.4 Å². The summed E-state index contributed by atoms with van der Waals surface area (Å²) in [6.45, 7) is 1.62. The average Bonchev–Trinajstić information content (AvgIpc) is 3.24. The van der Waals surface area contributed by atoms with Crippen molar-refractivity contribution in [2.75, 3.05) is 13.6 Å². The van der Waals surface area contributed by atoms with Crippen LogP contribution in [0.25, 0.3) is 11.0 Å². The van der Waals surface area contributed by atoms with Crippen LogP contribution < -0.4 is 5.32 Å². The first-order valence-corrected chi connectivity index (χ1v) is 13.1. The standard InChI is InChI=1S/C29H38N4O2/c1-32(21-23-13-5-2-6-14-23)28(34)22-33-26-18-11-10-17-25(26)31-27(33)19-9-4-12-20-30-29(35)24-15-7-3-8-16-24/h2,5-6,10-11,13-14,17-18,24H,3-4,7-9,12,15-16,19-22H2,1H3,(H,30,35). The van der Waals surface area contributed by atoms with E-state index < -0.39 is 0 Å². The van der Waals surface area contributed by atoms with Crippen molar-refractivity contribution >= 4 is 22.8 Å². The Labute approximate surface area is 208 Å². The largest absolute Gasteiger partial charge is 0.356 e. The molecule has 1 aliphatic carbocycles. The molecule has 0 aliphatic heterocycles. The first kappa shape index (κ1) is 25.0. The zero-order chi connectivity index (χ0) is 24.5. The predicted molar refractivity (Wildman–Crippen MR) is 140 cm³/mol. The van der Waals surface area contributed by atoms with Gasteiger partial charge >= 0.3 is 0 Å². The third-order valence-corrected chi connectivity index (χ3v) is 7.07. The third kappa shape index (κ3) is 6.93. The summed E-state index contributed by atoms with van der Waals surface area (Å²) in [5.74, 6) is 1.49. The molecule has 6 heteroatoms. The maximum absolute atomic E-state index is 13.1. The molecule has 35 heavy (non-hydrogen) atoms. The van der Waals surface area contributed by atoms with Crippen LogP contribution in [-0.4, -0.2) is 39.9 Å². The lowest BCUT2D eigenvalue weighted by molar-refractivity contribution is -0.131. The molecule has 6 nitrogen and oxygen atoms in total.